The van der Waals surface area contributed by atoms with Gasteiger partial charge in [-0.15, -0.1) is 11.8 Å². The third-order valence-electron chi connectivity index (χ3n) is 4.97. The molecule has 27 heavy (non-hydrogen) atoms. The summed E-state index contributed by atoms with van der Waals surface area (Å²) in [5, 5.41) is 4.62. The normalized spacial score (nSPS) is 16.3. The minimum absolute atomic E-state index is 0.249. The summed E-state index contributed by atoms with van der Waals surface area (Å²) < 4.78 is 5.53. The van der Waals surface area contributed by atoms with E-state index in [9.17, 15) is 0 Å². The topological polar surface area (TPSA) is 34.1 Å². The molecule has 1 fully saturated rings. The van der Waals surface area contributed by atoms with Gasteiger partial charge in [0.2, 0.25) is 0 Å². The molecule has 1 saturated heterocycles. The molecule has 0 amide bonds. The molecule has 0 saturated carbocycles. The highest BCUT2D eigenvalue weighted by Gasteiger charge is 2.35. The summed E-state index contributed by atoms with van der Waals surface area (Å²) in [5.41, 5.74) is 2.91. The van der Waals surface area contributed by atoms with Gasteiger partial charge in [-0.2, -0.15) is 0 Å². The number of hydrogen-bond acceptors (Lipinski definition) is 5. The quantitative estimate of drug-likeness (QED) is 0.401. The van der Waals surface area contributed by atoms with Crippen LogP contribution in [0.1, 0.15) is 25.0 Å². The summed E-state index contributed by atoms with van der Waals surface area (Å²) in [6.45, 7) is 8.20. The monoisotopic (exact) mass is 384 g/mol. The zero-order valence-electron chi connectivity index (χ0n) is 16.4. The first-order valence-corrected chi connectivity index (χ1v) is 10.6. The molecule has 1 heterocycles. The first-order chi connectivity index (χ1) is 13.1. The fourth-order valence-electron chi connectivity index (χ4n) is 3.28. The highest BCUT2D eigenvalue weighted by atomic mass is 32.2. The number of benzene rings is 2. The predicted octanol–water partition coefficient (Wildman–Crippen LogP) is 4.44. The SMILES string of the molecule is CSc1ccc(/C(=N/OCc2ccccc2)C(C)(C)N2CCOCC2)cc1. The fourth-order valence-corrected chi connectivity index (χ4v) is 3.69. The Labute approximate surface area is 166 Å². The molecule has 0 N–H and O–H groups in total. The molecule has 0 radical (unpaired) electrons. The van der Waals surface area contributed by atoms with Gasteiger partial charge in [0.1, 0.15) is 12.3 Å². The Morgan fingerprint density at radius 2 is 1.74 bits per heavy atom. The van der Waals surface area contributed by atoms with E-state index in [1.807, 2.05) is 18.2 Å². The highest BCUT2D eigenvalue weighted by molar-refractivity contribution is 7.98. The summed E-state index contributed by atoms with van der Waals surface area (Å²) in [7, 11) is 0. The van der Waals surface area contributed by atoms with Crippen LogP contribution in [0.5, 0.6) is 0 Å². The van der Waals surface area contributed by atoms with Gasteiger partial charge in [-0.1, -0.05) is 47.6 Å². The van der Waals surface area contributed by atoms with Crippen LogP contribution in [-0.2, 0) is 16.2 Å². The van der Waals surface area contributed by atoms with Crippen molar-refractivity contribution in [2.24, 2.45) is 5.16 Å². The van der Waals surface area contributed by atoms with Crippen molar-refractivity contribution in [3.05, 3.63) is 65.7 Å². The standard InChI is InChI=1S/C22H28N2O2S/c1-22(2,24-13-15-25-16-14-24)21(19-9-11-20(27-3)12-10-19)23-26-17-18-7-5-4-6-8-18/h4-12H,13-17H2,1-3H3/b23-21-. The van der Waals surface area contributed by atoms with E-state index in [0.717, 1.165) is 43.1 Å². The van der Waals surface area contributed by atoms with E-state index >= 15 is 0 Å². The molecule has 144 valence electrons. The first-order valence-electron chi connectivity index (χ1n) is 9.33. The molecule has 3 rings (SSSR count). The maximum Gasteiger partial charge on any atom is 0.142 e. The Morgan fingerprint density at radius 1 is 1.07 bits per heavy atom. The number of oxime groups is 1. The minimum Gasteiger partial charge on any atom is -0.391 e. The molecular weight excluding hydrogens is 356 g/mol. The second-order valence-electron chi connectivity index (χ2n) is 7.09. The Morgan fingerprint density at radius 3 is 2.37 bits per heavy atom. The largest absolute Gasteiger partial charge is 0.391 e. The first kappa shape index (κ1) is 19.9. The van der Waals surface area contributed by atoms with Gasteiger partial charge in [0.15, 0.2) is 0 Å². The van der Waals surface area contributed by atoms with Crippen molar-refractivity contribution in [1.82, 2.24) is 4.90 Å². The molecule has 2 aromatic rings. The molecule has 0 unspecified atom stereocenters. The smallest absolute Gasteiger partial charge is 0.142 e. The van der Waals surface area contributed by atoms with Crippen LogP contribution >= 0.6 is 11.8 Å². The molecule has 0 bridgehead atoms. The van der Waals surface area contributed by atoms with Crippen molar-refractivity contribution < 1.29 is 9.57 Å². The van der Waals surface area contributed by atoms with Crippen LogP contribution in [0.4, 0.5) is 0 Å². The third-order valence-corrected chi connectivity index (χ3v) is 5.72. The van der Waals surface area contributed by atoms with E-state index in [4.69, 9.17) is 9.57 Å². The Bertz CT molecular complexity index is 739. The maximum atomic E-state index is 5.79. The van der Waals surface area contributed by atoms with Crippen LogP contribution in [0, 0.1) is 0 Å². The summed E-state index contributed by atoms with van der Waals surface area (Å²) in [4.78, 5) is 9.46. The lowest BCUT2D eigenvalue weighted by molar-refractivity contribution is 0.00862. The summed E-state index contributed by atoms with van der Waals surface area (Å²) in [6, 6.07) is 18.7. The van der Waals surface area contributed by atoms with Crippen LogP contribution in [0.15, 0.2) is 64.6 Å². The molecule has 0 aromatic heterocycles. The van der Waals surface area contributed by atoms with Crippen molar-refractivity contribution in [1.29, 1.82) is 0 Å². The van der Waals surface area contributed by atoms with Crippen LogP contribution in [0.3, 0.4) is 0 Å². The van der Waals surface area contributed by atoms with Gasteiger partial charge in [-0.25, -0.2) is 0 Å². The average molecular weight is 385 g/mol. The molecular formula is C22H28N2O2S. The zero-order chi connectivity index (χ0) is 19.1. The van der Waals surface area contributed by atoms with Gasteiger partial charge in [-0.05, 0) is 37.8 Å². The second-order valence-corrected chi connectivity index (χ2v) is 7.97. The molecule has 4 nitrogen and oxygen atoms in total. The molecule has 2 aromatic carbocycles. The van der Waals surface area contributed by atoms with Crippen molar-refractivity contribution >= 4 is 17.5 Å². The minimum atomic E-state index is -0.249. The second kappa shape index (κ2) is 9.40. The lowest BCUT2D eigenvalue weighted by atomic mass is 9.90. The predicted molar refractivity (Wildman–Crippen MR) is 112 cm³/mol. The maximum absolute atomic E-state index is 5.79. The van der Waals surface area contributed by atoms with E-state index in [0.29, 0.717) is 6.61 Å². The van der Waals surface area contributed by atoms with Gasteiger partial charge in [0.05, 0.1) is 18.8 Å². The lowest BCUT2D eigenvalue weighted by Gasteiger charge is -2.41. The van der Waals surface area contributed by atoms with Gasteiger partial charge in [0, 0.05) is 23.5 Å². The van der Waals surface area contributed by atoms with Crippen molar-refractivity contribution in [2.45, 2.75) is 30.9 Å². The number of nitrogens with zero attached hydrogens (tertiary/aromatic N) is 2. The van der Waals surface area contributed by atoms with Crippen LogP contribution in [0.25, 0.3) is 0 Å². The van der Waals surface area contributed by atoms with Crippen molar-refractivity contribution in [2.75, 3.05) is 32.6 Å². The number of morpholine rings is 1. The Balaban J connectivity index is 1.85. The number of thioether (sulfide) groups is 1. The van der Waals surface area contributed by atoms with Gasteiger partial charge >= 0.3 is 0 Å². The molecule has 5 heteroatoms. The van der Waals surface area contributed by atoms with E-state index in [2.05, 4.69) is 66.6 Å². The molecule has 0 aliphatic carbocycles. The highest BCUT2D eigenvalue weighted by Crippen LogP contribution is 2.25. The summed E-state index contributed by atoms with van der Waals surface area (Å²) in [6.07, 6.45) is 2.09. The molecule has 0 atom stereocenters. The molecule has 1 aliphatic rings. The van der Waals surface area contributed by atoms with Gasteiger partial charge in [0.25, 0.3) is 0 Å². The Kier molecular flexibility index (Phi) is 6.94. The van der Waals surface area contributed by atoms with Gasteiger partial charge in [-0.3, -0.25) is 4.90 Å². The number of ether oxygens (including phenoxy) is 1. The van der Waals surface area contributed by atoms with E-state index in [1.165, 1.54) is 4.90 Å². The Hall–Kier alpha value is -1.82. The van der Waals surface area contributed by atoms with Crippen LogP contribution in [-0.4, -0.2) is 48.7 Å². The van der Waals surface area contributed by atoms with Crippen molar-refractivity contribution in [3.63, 3.8) is 0 Å². The summed E-state index contributed by atoms with van der Waals surface area (Å²) in [5.74, 6) is 0. The fraction of sp³-hybridized carbons (Fsp3) is 0.409. The zero-order valence-corrected chi connectivity index (χ0v) is 17.2. The lowest BCUT2D eigenvalue weighted by Crippen LogP contribution is -2.54. The van der Waals surface area contributed by atoms with E-state index in [1.54, 1.807) is 11.8 Å². The van der Waals surface area contributed by atoms with Crippen LogP contribution < -0.4 is 0 Å². The molecule has 0 spiro atoms. The van der Waals surface area contributed by atoms with Gasteiger partial charge < -0.3 is 9.57 Å². The van der Waals surface area contributed by atoms with Crippen molar-refractivity contribution in [3.8, 4) is 0 Å². The molecule has 1 aliphatic heterocycles. The van der Waals surface area contributed by atoms with E-state index in [-0.39, 0.29) is 5.54 Å². The number of rotatable bonds is 7. The number of hydrogen-bond donors (Lipinski definition) is 0. The third kappa shape index (κ3) is 5.12. The summed E-state index contributed by atoms with van der Waals surface area (Å²) >= 11 is 1.74. The van der Waals surface area contributed by atoms with Crippen LogP contribution in [0.2, 0.25) is 0 Å². The average Bonchev–Trinajstić information content (AvgIpc) is 2.73. The van der Waals surface area contributed by atoms with E-state index < -0.39 is 0 Å².